The molecule has 0 aliphatic carbocycles. The molecule has 0 aromatic heterocycles. The highest BCUT2D eigenvalue weighted by Crippen LogP contribution is 2.13. The fraction of sp³-hybridized carbons (Fsp3) is 0.500. The number of ketones is 1. The lowest BCUT2D eigenvalue weighted by atomic mass is 10.0. The summed E-state index contributed by atoms with van der Waals surface area (Å²) in [5, 5.41) is 9.25. The Morgan fingerprint density at radius 3 is 2.39 bits per heavy atom. The van der Waals surface area contributed by atoms with E-state index in [9.17, 15) is 9.90 Å². The van der Waals surface area contributed by atoms with Crippen molar-refractivity contribution in [1.29, 1.82) is 0 Å². The normalized spacial score (nSPS) is 14.6. The van der Waals surface area contributed by atoms with E-state index in [1.54, 1.807) is 6.92 Å². The lowest BCUT2D eigenvalue weighted by Gasteiger charge is -2.24. The number of hydrogen-bond donors (Lipinski definition) is 1. The summed E-state index contributed by atoms with van der Waals surface area (Å²) >= 11 is 3.35. The number of halogens is 1. The zero-order valence-electron chi connectivity index (χ0n) is 11.1. The third-order valence-corrected chi connectivity index (χ3v) is 3.60. The number of benzene rings is 1. The molecule has 0 saturated heterocycles. The van der Waals surface area contributed by atoms with E-state index in [4.69, 9.17) is 0 Å². The smallest absolute Gasteiger partial charge is 0.179 e. The zero-order valence-corrected chi connectivity index (χ0v) is 12.6. The molecule has 1 aromatic rings. The Morgan fingerprint density at radius 1 is 1.33 bits per heavy atom. The van der Waals surface area contributed by atoms with Gasteiger partial charge in [-0.05, 0) is 39.4 Å². The second kappa shape index (κ2) is 7.02. The molecular weight excluding hydrogens is 294 g/mol. The number of hydrogen-bond acceptors (Lipinski definition) is 3. The first-order valence-corrected chi connectivity index (χ1v) is 6.89. The third-order valence-electron chi connectivity index (χ3n) is 3.07. The van der Waals surface area contributed by atoms with Crippen LogP contribution in [0.4, 0.5) is 0 Å². The monoisotopic (exact) mass is 313 g/mol. The van der Waals surface area contributed by atoms with E-state index in [0.717, 1.165) is 10.0 Å². The standard InChI is InChI=1S/C14H20BrNO2/c1-10(17)8-9-16(3)11(2)14(18)12-4-6-13(15)7-5-12/h4-7,10-11,17H,8-9H2,1-3H3. The van der Waals surface area contributed by atoms with Crippen LogP contribution in [-0.2, 0) is 0 Å². The molecule has 0 fully saturated rings. The van der Waals surface area contributed by atoms with Crippen molar-refractivity contribution < 1.29 is 9.90 Å². The topological polar surface area (TPSA) is 40.5 Å². The molecule has 0 aliphatic heterocycles. The Morgan fingerprint density at radius 2 is 1.89 bits per heavy atom. The Labute approximate surface area is 117 Å². The van der Waals surface area contributed by atoms with Gasteiger partial charge in [-0.1, -0.05) is 28.1 Å². The summed E-state index contributed by atoms with van der Waals surface area (Å²) in [5.41, 5.74) is 0.717. The minimum absolute atomic E-state index is 0.107. The number of carbonyl (C=O) groups excluding carboxylic acids is 1. The Hall–Kier alpha value is -0.710. The molecule has 0 aliphatic rings. The molecule has 0 spiro atoms. The van der Waals surface area contributed by atoms with E-state index in [1.807, 2.05) is 43.1 Å². The van der Waals surface area contributed by atoms with Crippen LogP contribution in [-0.4, -0.2) is 41.5 Å². The second-order valence-electron chi connectivity index (χ2n) is 4.67. The molecular formula is C14H20BrNO2. The lowest BCUT2D eigenvalue weighted by molar-refractivity contribution is 0.0844. The summed E-state index contributed by atoms with van der Waals surface area (Å²) < 4.78 is 0.967. The summed E-state index contributed by atoms with van der Waals surface area (Å²) in [6.07, 6.45) is 0.344. The van der Waals surface area contributed by atoms with Gasteiger partial charge in [0.15, 0.2) is 5.78 Å². The van der Waals surface area contributed by atoms with Gasteiger partial charge in [0.1, 0.15) is 0 Å². The summed E-state index contributed by atoms with van der Waals surface area (Å²) in [6.45, 7) is 4.36. The minimum atomic E-state index is -0.331. The van der Waals surface area contributed by atoms with Crippen LogP contribution in [0.1, 0.15) is 30.6 Å². The molecule has 0 saturated carbocycles. The zero-order chi connectivity index (χ0) is 13.7. The number of Topliss-reactive ketones (excluding diaryl/α,β-unsaturated/α-hetero) is 1. The Balaban J connectivity index is 2.62. The quantitative estimate of drug-likeness (QED) is 0.821. The highest BCUT2D eigenvalue weighted by atomic mass is 79.9. The van der Waals surface area contributed by atoms with Crippen molar-refractivity contribution in [1.82, 2.24) is 4.90 Å². The highest BCUT2D eigenvalue weighted by molar-refractivity contribution is 9.10. The van der Waals surface area contributed by atoms with Crippen LogP contribution < -0.4 is 0 Å². The van der Waals surface area contributed by atoms with E-state index in [0.29, 0.717) is 13.0 Å². The van der Waals surface area contributed by atoms with Gasteiger partial charge in [0, 0.05) is 16.6 Å². The molecule has 3 nitrogen and oxygen atoms in total. The van der Waals surface area contributed by atoms with E-state index in [2.05, 4.69) is 15.9 Å². The van der Waals surface area contributed by atoms with Crippen molar-refractivity contribution in [3.8, 4) is 0 Å². The van der Waals surface area contributed by atoms with Crippen LogP contribution in [0.15, 0.2) is 28.7 Å². The molecule has 0 radical (unpaired) electrons. The maximum absolute atomic E-state index is 12.2. The predicted molar refractivity (Wildman–Crippen MR) is 76.9 cm³/mol. The van der Waals surface area contributed by atoms with Gasteiger partial charge in [0.05, 0.1) is 12.1 Å². The molecule has 1 aromatic carbocycles. The van der Waals surface area contributed by atoms with Crippen LogP contribution in [0.5, 0.6) is 0 Å². The largest absolute Gasteiger partial charge is 0.393 e. The van der Waals surface area contributed by atoms with Crippen molar-refractivity contribution in [3.05, 3.63) is 34.3 Å². The van der Waals surface area contributed by atoms with Crippen LogP contribution in [0.2, 0.25) is 0 Å². The van der Waals surface area contributed by atoms with Gasteiger partial charge in [0.25, 0.3) is 0 Å². The van der Waals surface area contributed by atoms with Crippen molar-refractivity contribution in [2.24, 2.45) is 0 Å². The summed E-state index contributed by atoms with van der Waals surface area (Å²) in [7, 11) is 1.91. The highest BCUT2D eigenvalue weighted by Gasteiger charge is 2.19. The molecule has 4 heteroatoms. The first kappa shape index (κ1) is 15.3. The molecule has 100 valence electrons. The maximum atomic E-state index is 12.2. The van der Waals surface area contributed by atoms with Gasteiger partial charge in [-0.25, -0.2) is 0 Å². The maximum Gasteiger partial charge on any atom is 0.179 e. The number of aliphatic hydroxyl groups is 1. The number of likely N-dealkylation sites (N-methyl/N-ethyl adjacent to an activating group) is 1. The Bertz CT molecular complexity index is 389. The Kier molecular flexibility index (Phi) is 5.99. The lowest BCUT2D eigenvalue weighted by Crippen LogP contribution is -2.37. The number of carbonyl (C=O) groups is 1. The average Bonchev–Trinajstić information content (AvgIpc) is 2.35. The van der Waals surface area contributed by atoms with Crippen LogP contribution in [0.3, 0.4) is 0 Å². The van der Waals surface area contributed by atoms with Crippen molar-refractivity contribution in [2.45, 2.75) is 32.4 Å². The summed E-state index contributed by atoms with van der Waals surface area (Å²) in [5.74, 6) is 0.107. The van der Waals surface area contributed by atoms with Gasteiger partial charge in [-0.2, -0.15) is 0 Å². The molecule has 0 amide bonds. The van der Waals surface area contributed by atoms with Crippen LogP contribution in [0.25, 0.3) is 0 Å². The van der Waals surface area contributed by atoms with Crippen molar-refractivity contribution >= 4 is 21.7 Å². The predicted octanol–water partition coefficient (Wildman–Crippen LogP) is 2.72. The van der Waals surface area contributed by atoms with Crippen LogP contribution >= 0.6 is 15.9 Å². The van der Waals surface area contributed by atoms with Gasteiger partial charge in [-0.15, -0.1) is 0 Å². The van der Waals surface area contributed by atoms with E-state index < -0.39 is 0 Å². The number of rotatable bonds is 6. The third kappa shape index (κ3) is 4.52. The van der Waals surface area contributed by atoms with Gasteiger partial charge in [0.2, 0.25) is 0 Å². The van der Waals surface area contributed by atoms with Gasteiger partial charge < -0.3 is 5.11 Å². The average molecular weight is 314 g/mol. The van der Waals surface area contributed by atoms with Crippen molar-refractivity contribution in [3.63, 3.8) is 0 Å². The molecule has 0 bridgehead atoms. The summed E-state index contributed by atoms with van der Waals surface area (Å²) in [6, 6.07) is 7.22. The first-order valence-electron chi connectivity index (χ1n) is 6.10. The fourth-order valence-corrected chi connectivity index (χ4v) is 1.90. The van der Waals surface area contributed by atoms with Crippen molar-refractivity contribution in [2.75, 3.05) is 13.6 Å². The first-order chi connectivity index (χ1) is 8.41. The molecule has 2 unspecified atom stereocenters. The molecule has 1 rings (SSSR count). The SMILES string of the molecule is CC(O)CCN(C)C(C)C(=O)c1ccc(Br)cc1. The fourth-order valence-electron chi connectivity index (χ4n) is 1.64. The van der Waals surface area contributed by atoms with Gasteiger partial charge in [-0.3, -0.25) is 9.69 Å². The second-order valence-corrected chi connectivity index (χ2v) is 5.58. The molecule has 2 atom stereocenters. The number of aliphatic hydroxyl groups excluding tert-OH is 1. The molecule has 1 N–H and O–H groups in total. The molecule has 0 heterocycles. The van der Waals surface area contributed by atoms with E-state index >= 15 is 0 Å². The number of nitrogens with zero attached hydrogens (tertiary/aromatic N) is 1. The molecule has 18 heavy (non-hydrogen) atoms. The van der Waals surface area contributed by atoms with Gasteiger partial charge >= 0.3 is 0 Å². The minimum Gasteiger partial charge on any atom is -0.393 e. The van der Waals surface area contributed by atoms with E-state index in [-0.39, 0.29) is 17.9 Å². The summed E-state index contributed by atoms with van der Waals surface area (Å²) in [4.78, 5) is 14.2. The van der Waals surface area contributed by atoms with Crippen LogP contribution in [0, 0.1) is 0 Å². The van der Waals surface area contributed by atoms with E-state index in [1.165, 1.54) is 0 Å².